The number of esters is 1. The van der Waals surface area contributed by atoms with Crippen molar-refractivity contribution in [3.63, 3.8) is 0 Å². The van der Waals surface area contributed by atoms with Crippen molar-refractivity contribution in [2.45, 2.75) is 169 Å². The molecule has 0 spiro atoms. The van der Waals surface area contributed by atoms with Gasteiger partial charge >= 0.3 is 5.97 Å². The van der Waals surface area contributed by atoms with Crippen LogP contribution in [0.3, 0.4) is 0 Å². The number of aliphatic hydroxyl groups is 1. The van der Waals surface area contributed by atoms with E-state index >= 15 is 4.79 Å². The molecule has 1 aliphatic heterocycles. The topological polar surface area (TPSA) is 219 Å². The molecule has 2 unspecified atom stereocenters. The molecule has 3 aromatic rings. The van der Waals surface area contributed by atoms with E-state index in [0.717, 1.165) is 27.9 Å². The van der Waals surface area contributed by atoms with Gasteiger partial charge in [0.05, 0.1) is 30.4 Å². The van der Waals surface area contributed by atoms with Crippen LogP contribution in [0.15, 0.2) is 48.7 Å². The molecule has 1 saturated heterocycles. The van der Waals surface area contributed by atoms with Crippen molar-refractivity contribution < 1.29 is 38.6 Å². The first-order valence-electron chi connectivity index (χ1n) is 24.8. The first-order valence-corrected chi connectivity index (χ1v) is 24.8. The lowest BCUT2D eigenvalue weighted by atomic mass is 9.96. The van der Waals surface area contributed by atoms with Gasteiger partial charge < -0.3 is 40.2 Å². The number of rotatable bonds is 14. The molecule has 0 saturated carbocycles. The highest BCUT2D eigenvalue weighted by Gasteiger charge is 2.41. The zero-order chi connectivity index (χ0) is 52.1. The molecule has 8 atom stereocenters. The third kappa shape index (κ3) is 15.3. The number of carbonyl (C=O) groups excluding carboxylic acids is 6. The Morgan fingerprint density at radius 3 is 1.89 bits per heavy atom. The standard InChI is InChI=1S/C53H79N9O8/c1-31(2)24-40-50(66)59(11)36(10)53(69)70-46(22-17-23-54)49(65)58-42(26-33(5)6)52(68)60(12)44(27-34(7)8)47(63)57-41(25-32(3)4)51(67)61(13)45(48(64)56-40)28-37-29-62(43-21-15-14-20-39(37)43)30-38-19-16-18-35(9)55-38/h14-16,18-21,29,31-34,36,40-42,44-46,51,67H,17,22,24-28,30H2,1-13H3,(H,56,64)(H,57,63)(H,58,65)/t36-,40-,41-,42-,44-,45-,46?,51?/m0/s1. The Kier molecular flexibility index (Phi) is 20.9. The lowest BCUT2D eigenvalue weighted by Gasteiger charge is -2.39. The van der Waals surface area contributed by atoms with Gasteiger partial charge in [-0.3, -0.25) is 33.9 Å². The normalized spacial score (nSPS) is 24.5. The minimum atomic E-state index is -1.49. The number of aliphatic hydroxyl groups excluding tert-OH is 1. The van der Waals surface area contributed by atoms with Crippen LogP contribution in [-0.4, -0.2) is 135 Å². The van der Waals surface area contributed by atoms with Gasteiger partial charge in [-0.25, -0.2) is 4.79 Å². The summed E-state index contributed by atoms with van der Waals surface area (Å²) < 4.78 is 7.83. The fraction of sp³-hybridized carbons (Fsp3) is 0.623. The molecule has 17 nitrogen and oxygen atoms in total. The molecule has 0 bridgehead atoms. The molecular weight excluding hydrogens is 891 g/mol. The first-order chi connectivity index (χ1) is 32.9. The van der Waals surface area contributed by atoms with E-state index in [1.807, 2.05) is 117 Å². The molecule has 17 heteroatoms. The SMILES string of the molecule is Cc1cccc(Cn2cc(C[C@H]3C(=O)N[C@@H](CC(C)C)C(=O)N(C)[C@@H](C)C(=O)OC(CCC#N)C(=O)N[C@@H](CC(C)C)C(=O)N(C)[C@@H](CC(C)C)C(=O)N[C@@H](CC(C)C)C(O)N3C)c3ccccc32)n1. The number of amides is 5. The summed E-state index contributed by atoms with van der Waals surface area (Å²) >= 11 is 0. The second-order valence-electron chi connectivity index (χ2n) is 20.8. The second kappa shape index (κ2) is 25.8. The number of carbonyl (C=O) groups is 6. The van der Waals surface area contributed by atoms with E-state index in [0.29, 0.717) is 13.0 Å². The first kappa shape index (κ1) is 56.7. The lowest BCUT2D eigenvalue weighted by Crippen LogP contribution is -2.62. The largest absolute Gasteiger partial charge is 0.451 e. The van der Waals surface area contributed by atoms with E-state index in [1.165, 1.54) is 35.7 Å². The molecule has 4 rings (SSSR count). The summed E-state index contributed by atoms with van der Waals surface area (Å²) in [7, 11) is 4.54. The van der Waals surface area contributed by atoms with Crippen LogP contribution in [-0.2, 0) is 46.5 Å². The predicted molar refractivity (Wildman–Crippen MR) is 268 cm³/mol. The van der Waals surface area contributed by atoms with Crippen LogP contribution in [0.5, 0.6) is 0 Å². The summed E-state index contributed by atoms with van der Waals surface area (Å²) in [5.41, 5.74) is 3.42. The molecule has 3 heterocycles. The molecule has 2 aromatic heterocycles. The summed E-state index contributed by atoms with van der Waals surface area (Å²) in [6.07, 6.45) is -0.320. The molecule has 1 aliphatic rings. The van der Waals surface area contributed by atoms with Crippen LogP contribution in [0, 0.1) is 41.9 Å². The number of cyclic esters (lactones) is 1. The van der Waals surface area contributed by atoms with Crippen LogP contribution in [0.4, 0.5) is 0 Å². The summed E-state index contributed by atoms with van der Waals surface area (Å²) in [6.45, 7) is 19.2. The minimum Gasteiger partial charge on any atom is -0.451 e. The number of aryl methyl sites for hydroxylation is 1. The van der Waals surface area contributed by atoms with Crippen molar-refractivity contribution in [3.05, 3.63) is 65.6 Å². The van der Waals surface area contributed by atoms with E-state index < -0.39 is 84.1 Å². The van der Waals surface area contributed by atoms with Gasteiger partial charge in [-0.2, -0.15) is 5.26 Å². The van der Waals surface area contributed by atoms with Gasteiger partial charge in [0, 0.05) is 49.7 Å². The van der Waals surface area contributed by atoms with Crippen LogP contribution in [0.1, 0.15) is 118 Å². The van der Waals surface area contributed by atoms with Crippen LogP contribution < -0.4 is 16.0 Å². The van der Waals surface area contributed by atoms with Crippen molar-refractivity contribution in [2.75, 3.05) is 21.1 Å². The van der Waals surface area contributed by atoms with E-state index in [-0.39, 0.29) is 62.2 Å². The van der Waals surface area contributed by atoms with Crippen LogP contribution >= 0.6 is 0 Å². The zero-order valence-electron chi connectivity index (χ0n) is 43.7. The monoisotopic (exact) mass is 970 g/mol. The Labute approximate surface area is 415 Å². The fourth-order valence-electron chi connectivity index (χ4n) is 9.10. The number of nitrogens with zero attached hydrogens (tertiary/aromatic N) is 6. The third-order valence-electron chi connectivity index (χ3n) is 13.0. The van der Waals surface area contributed by atoms with E-state index in [9.17, 15) is 34.3 Å². The molecule has 0 aliphatic carbocycles. The fourth-order valence-corrected chi connectivity index (χ4v) is 9.10. The van der Waals surface area contributed by atoms with Gasteiger partial charge in [-0.1, -0.05) is 79.7 Å². The van der Waals surface area contributed by atoms with Crippen molar-refractivity contribution in [2.24, 2.45) is 23.7 Å². The average Bonchev–Trinajstić information content (AvgIpc) is 3.63. The number of fused-ring (bicyclic) bond motifs is 1. The second-order valence-corrected chi connectivity index (χ2v) is 20.8. The summed E-state index contributed by atoms with van der Waals surface area (Å²) in [5.74, 6) is -4.29. The van der Waals surface area contributed by atoms with Crippen LogP contribution in [0.2, 0.25) is 0 Å². The Bertz CT molecular complexity index is 2320. The highest BCUT2D eigenvalue weighted by atomic mass is 16.5. The predicted octanol–water partition coefficient (Wildman–Crippen LogP) is 5.10. The molecule has 70 heavy (non-hydrogen) atoms. The zero-order valence-corrected chi connectivity index (χ0v) is 43.7. The quantitative estimate of drug-likeness (QED) is 0.156. The van der Waals surface area contributed by atoms with Crippen molar-refractivity contribution in [3.8, 4) is 6.07 Å². The van der Waals surface area contributed by atoms with Crippen molar-refractivity contribution in [1.82, 2.24) is 40.2 Å². The number of pyridine rings is 1. The molecular formula is C53H79N9O8. The highest BCUT2D eigenvalue weighted by molar-refractivity contribution is 5.95. The molecule has 384 valence electrons. The average molecular weight is 970 g/mol. The summed E-state index contributed by atoms with van der Waals surface area (Å²) in [4.78, 5) is 95.7. The third-order valence-corrected chi connectivity index (χ3v) is 13.0. The number of para-hydroxylation sites is 1. The number of likely N-dealkylation sites (N-methyl/N-ethyl adjacent to an activating group) is 3. The van der Waals surface area contributed by atoms with E-state index in [1.54, 1.807) is 7.05 Å². The smallest absolute Gasteiger partial charge is 0.329 e. The molecule has 0 radical (unpaired) electrons. The van der Waals surface area contributed by atoms with Gasteiger partial charge in [0.2, 0.25) is 23.6 Å². The summed E-state index contributed by atoms with van der Waals surface area (Å²) in [5, 5.41) is 31.8. The van der Waals surface area contributed by atoms with E-state index in [4.69, 9.17) is 9.72 Å². The highest BCUT2D eigenvalue weighted by Crippen LogP contribution is 2.27. The molecule has 5 amide bonds. The van der Waals surface area contributed by atoms with Gasteiger partial charge in [0.25, 0.3) is 5.91 Å². The number of nitrogens with one attached hydrogen (secondary N) is 3. The Morgan fingerprint density at radius 1 is 0.729 bits per heavy atom. The number of ether oxygens (including phenoxy) is 1. The number of hydrogen-bond acceptors (Lipinski definition) is 11. The minimum absolute atomic E-state index is 0.0404. The Morgan fingerprint density at radius 2 is 1.30 bits per heavy atom. The number of nitriles is 1. The maximum Gasteiger partial charge on any atom is 0.329 e. The maximum atomic E-state index is 15.1. The lowest BCUT2D eigenvalue weighted by molar-refractivity contribution is -0.163. The number of hydrogen-bond donors (Lipinski definition) is 4. The van der Waals surface area contributed by atoms with Gasteiger partial charge in [-0.15, -0.1) is 0 Å². The molecule has 1 aromatic carbocycles. The maximum absolute atomic E-state index is 15.1. The number of benzene rings is 1. The van der Waals surface area contributed by atoms with Crippen LogP contribution in [0.25, 0.3) is 10.9 Å². The van der Waals surface area contributed by atoms with Gasteiger partial charge in [-0.05, 0) is 100 Å². The number of aromatic nitrogens is 2. The summed E-state index contributed by atoms with van der Waals surface area (Å²) in [6, 6.07) is 9.02. The Balaban J connectivity index is 1.92. The van der Waals surface area contributed by atoms with Crippen molar-refractivity contribution in [1.29, 1.82) is 5.26 Å². The van der Waals surface area contributed by atoms with Gasteiger partial charge in [0.1, 0.15) is 30.4 Å². The van der Waals surface area contributed by atoms with Gasteiger partial charge in [0.15, 0.2) is 6.10 Å². The molecule has 1 fully saturated rings. The Hall–Kier alpha value is -5.86. The molecule has 4 N–H and O–H groups in total. The van der Waals surface area contributed by atoms with Crippen molar-refractivity contribution >= 4 is 46.4 Å². The van der Waals surface area contributed by atoms with E-state index in [2.05, 4.69) is 20.5 Å².